The molecule has 1 aromatic rings. The number of nitrogens with two attached hydrogens (primary N) is 1. The third-order valence-electron chi connectivity index (χ3n) is 2.94. The summed E-state index contributed by atoms with van der Waals surface area (Å²) in [6, 6.07) is 7.26. The predicted molar refractivity (Wildman–Crippen MR) is 73.0 cm³/mol. The van der Waals surface area contributed by atoms with Crippen molar-refractivity contribution in [3.05, 3.63) is 29.8 Å². The molecule has 0 spiro atoms. The Hall–Kier alpha value is -1.55. The number of ether oxygens (including phenoxy) is 2. The van der Waals surface area contributed by atoms with E-state index in [1.807, 2.05) is 45.0 Å². The molecule has 1 aliphatic rings. The van der Waals surface area contributed by atoms with Gasteiger partial charge in [-0.3, -0.25) is 4.79 Å². The maximum Gasteiger partial charge on any atom is 0.323 e. The molecule has 1 aliphatic heterocycles. The molecule has 0 saturated heterocycles. The molecule has 4 heteroatoms. The van der Waals surface area contributed by atoms with Crippen LogP contribution in [0.25, 0.3) is 0 Å². The van der Waals surface area contributed by atoms with Crippen LogP contribution < -0.4 is 10.5 Å². The number of benzene rings is 1. The van der Waals surface area contributed by atoms with E-state index in [-0.39, 0.29) is 12.1 Å². The summed E-state index contributed by atoms with van der Waals surface area (Å²) in [5.41, 5.74) is 6.55. The Balaban J connectivity index is 1.88. The van der Waals surface area contributed by atoms with Crippen LogP contribution >= 0.6 is 0 Å². The van der Waals surface area contributed by atoms with Gasteiger partial charge in [0.1, 0.15) is 23.5 Å². The van der Waals surface area contributed by atoms with Crippen LogP contribution in [0.3, 0.4) is 0 Å². The minimum absolute atomic E-state index is 0.0417. The summed E-state index contributed by atoms with van der Waals surface area (Å²) in [6.07, 6.45) is 1.23. The number of hydrogen-bond donors (Lipinski definition) is 1. The second-order valence-electron chi connectivity index (χ2n) is 5.93. The van der Waals surface area contributed by atoms with Crippen molar-refractivity contribution in [1.82, 2.24) is 0 Å². The smallest absolute Gasteiger partial charge is 0.323 e. The quantitative estimate of drug-likeness (QED) is 0.848. The maximum atomic E-state index is 11.8. The van der Waals surface area contributed by atoms with Crippen molar-refractivity contribution in [2.75, 3.05) is 0 Å². The van der Waals surface area contributed by atoms with Crippen LogP contribution in [0.2, 0.25) is 0 Å². The van der Waals surface area contributed by atoms with Gasteiger partial charge in [0.2, 0.25) is 0 Å². The second kappa shape index (κ2) is 5.21. The van der Waals surface area contributed by atoms with Crippen LogP contribution in [0, 0.1) is 0 Å². The standard InChI is InChI=1S/C15H21NO3/c1-15(2,3)19-14(17)12(16)9-11-8-10-6-4-5-7-13(10)18-11/h4-7,11-12H,8-9,16H2,1-3H3. The summed E-state index contributed by atoms with van der Waals surface area (Å²) in [4.78, 5) is 11.8. The number of esters is 1. The lowest BCUT2D eigenvalue weighted by Gasteiger charge is -2.23. The lowest BCUT2D eigenvalue weighted by atomic mass is 10.0. The second-order valence-corrected chi connectivity index (χ2v) is 5.93. The highest BCUT2D eigenvalue weighted by Gasteiger charge is 2.29. The number of hydrogen-bond acceptors (Lipinski definition) is 4. The van der Waals surface area contributed by atoms with Gasteiger partial charge in [0.05, 0.1) is 0 Å². The van der Waals surface area contributed by atoms with Gasteiger partial charge in [-0.1, -0.05) is 18.2 Å². The summed E-state index contributed by atoms with van der Waals surface area (Å²) in [5.74, 6) is 0.524. The number of para-hydroxylation sites is 1. The Labute approximate surface area is 113 Å². The van der Waals surface area contributed by atoms with Crippen molar-refractivity contribution < 1.29 is 14.3 Å². The van der Waals surface area contributed by atoms with Gasteiger partial charge < -0.3 is 15.2 Å². The monoisotopic (exact) mass is 263 g/mol. The van der Waals surface area contributed by atoms with E-state index in [4.69, 9.17) is 15.2 Å². The van der Waals surface area contributed by atoms with Gasteiger partial charge in [-0.05, 0) is 32.4 Å². The Morgan fingerprint density at radius 1 is 1.47 bits per heavy atom. The molecule has 2 rings (SSSR count). The number of rotatable bonds is 3. The molecule has 0 aromatic heterocycles. The normalized spacial score (nSPS) is 19.5. The molecule has 1 heterocycles. The van der Waals surface area contributed by atoms with Crippen LogP contribution in [0.15, 0.2) is 24.3 Å². The van der Waals surface area contributed by atoms with E-state index in [0.29, 0.717) is 6.42 Å². The fraction of sp³-hybridized carbons (Fsp3) is 0.533. The molecule has 2 atom stereocenters. The maximum absolute atomic E-state index is 11.8. The lowest BCUT2D eigenvalue weighted by Crippen LogP contribution is -2.40. The van der Waals surface area contributed by atoms with Crippen molar-refractivity contribution in [3.63, 3.8) is 0 Å². The van der Waals surface area contributed by atoms with E-state index < -0.39 is 11.6 Å². The number of carbonyl (C=O) groups is 1. The van der Waals surface area contributed by atoms with Gasteiger partial charge in [-0.15, -0.1) is 0 Å². The van der Waals surface area contributed by atoms with Gasteiger partial charge in [0.25, 0.3) is 0 Å². The first kappa shape index (κ1) is 13.9. The topological polar surface area (TPSA) is 61.5 Å². The molecule has 19 heavy (non-hydrogen) atoms. The van der Waals surface area contributed by atoms with Crippen molar-refractivity contribution >= 4 is 5.97 Å². The van der Waals surface area contributed by atoms with Gasteiger partial charge in [-0.2, -0.15) is 0 Å². The summed E-state index contributed by atoms with van der Waals surface area (Å²) < 4.78 is 11.0. The average Bonchev–Trinajstić information content (AvgIpc) is 2.68. The Bertz CT molecular complexity index is 440. The number of fused-ring (bicyclic) bond motifs is 1. The van der Waals surface area contributed by atoms with E-state index in [1.165, 1.54) is 5.56 Å². The van der Waals surface area contributed by atoms with Crippen molar-refractivity contribution in [2.24, 2.45) is 5.73 Å². The van der Waals surface area contributed by atoms with Gasteiger partial charge in [-0.25, -0.2) is 0 Å². The predicted octanol–water partition coefficient (Wildman–Crippen LogP) is 2.05. The highest BCUT2D eigenvalue weighted by Crippen LogP contribution is 2.29. The molecular formula is C15H21NO3. The fourth-order valence-corrected chi connectivity index (χ4v) is 2.14. The first-order chi connectivity index (χ1) is 8.85. The molecular weight excluding hydrogens is 242 g/mol. The Morgan fingerprint density at radius 2 is 2.16 bits per heavy atom. The highest BCUT2D eigenvalue weighted by atomic mass is 16.6. The molecule has 0 fully saturated rings. The molecule has 2 N–H and O–H groups in total. The third-order valence-corrected chi connectivity index (χ3v) is 2.94. The van der Waals surface area contributed by atoms with E-state index in [2.05, 4.69) is 0 Å². The van der Waals surface area contributed by atoms with Crippen molar-refractivity contribution in [3.8, 4) is 5.75 Å². The van der Waals surface area contributed by atoms with E-state index in [9.17, 15) is 4.79 Å². The summed E-state index contributed by atoms with van der Waals surface area (Å²) >= 11 is 0. The zero-order valence-corrected chi connectivity index (χ0v) is 11.7. The molecule has 2 unspecified atom stereocenters. The molecule has 0 amide bonds. The third kappa shape index (κ3) is 3.70. The van der Waals surface area contributed by atoms with Crippen LogP contribution in [-0.2, 0) is 16.0 Å². The largest absolute Gasteiger partial charge is 0.490 e. The first-order valence-corrected chi connectivity index (χ1v) is 6.58. The molecule has 0 saturated carbocycles. The van der Waals surface area contributed by atoms with E-state index >= 15 is 0 Å². The fourth-order valence-electron chi connectivity index (χ4n) is 2.14. The summed E-state index contributed by atoms with van der Waals surface area (Å²) in [6.45, 7) is 5.50. The van der Waals surface area contributed by atoms with Gasteiger partial charge in [0, 0.05) is 12.8 Å². The van der Waals surface area contributed by atoms with Crippen LogP contribution in [-0.4, -0.2) is 23.7 Å². The average molecular weight is 263 g/mol. The highest BCUT2D eigenvalue weighted by molar-refractivity contribution is 5.76. The molecule has 104 valence electrons. The molecule has 0 bridgehead atoms. The van der Waals surface area contributed by atoms with Gasteiger partial charge in [0.15, 0.2) is 0 Å². The van der Waals surface area contributed by atoms with E-state index in [1.54, 1.807) is 0 Å². The SMILES string of the molecule is CC(C)(C)OC(=O)C(N)CC1Cc2ccccc2O1. The minimum Gasteiger partial charge on any atom is -0.490 e. The lowest BCUT2D eigenvalue weighted by molar-refractivity contribution is -0.157. The Kier molecular flexibility index (Phi) is 3.80. The zero-order valence-electron chi connectivity index (χ0n) is 11.7. The van der Waals surface area contributed by atoms with Crippen LogP contribution in [0.5, 0.6) is 5.75 Å². The molecule has 0 aliphatic carbocycles. The molecule has 4 nitrogen and oxygen atoms in total. The first-order valence-electron chi connectivity index (χ1n) is 6.58. The summed E-state index contributed by atoms with van der Waals surface area (Å²) in [7, 11) is 0. The zero-order chi connectivity index (χ0) is 14.0. The molecule has 0 radical (unpaired) electrons. The van der Waals surface area contributed by atoms with Crippen LogP contribution in [0.4, 0.5) is 0 Å². The van der Waals surface area contributed by atoms with Crippen molar-refractivity contribution in [1.29, 1.82) is 0 Å². The summed E-state index contributed by atoms with van der Waals surface area (Å²) in [5, 5.41) is 0. The Morgan fingerprint density at radius 3 is 2.79 bits per heavy atom. The van der Waals surface area contributed by atoms with Crippen LogP contribution in [0.1, 0.15) is 32.8 Å². The van der Waals surface area contributed by atoms with E-state index in [0.717, 1.165) is 12.2 Å². The molecule has 1 aromatic carbocycles. The number of carbonyl (C=O) groups excluding carboxylic acids is 1. The minimum atomic E-state index is -0.640. The van der Waals surface area contributed by atoms with Gasteiger partial charge >= 0.3 is 5.97 Å². The van der Waals surface area contributed by atoms with Crippen molar-refractivity contribution in [2.45, 2.75) is 51.4 Å².